The van der Waals surface area contributed by atoms with E-state index in [9.17, 15) is 4.79 Å². The Morgan fingerprint density at radius 1 is 1.24 bits per heavy atom. The number of para-hydroxylation sites is 1. The number of aromatic carboxylic acids is 1. The summed E-state index contributed by atoms with van der Waals surface area (Å²) in [5, 5.41) is 8.74. The number of carbonyl (C=O) groups is 1. The predicted molar refractivity (Wildman–Crippen MR) is 61.2 cm³/mol. The molecular weight excluding hydrogens is 220 g/mol. The van der Waals surface area contributed by atoms with E-state index in [2.05, 4.69) is 0 Å². The van der Waals surface area contributed by atoms with Crippen LogP contribution in [0.2, 0.25) is 0 Å². The second-order valence-electron chi connectivity index (χ2n) is 3.58. The van der Waals surface area contributed by atoms with Crippen LogP contribution >= 0.6 is 0 Å². The minimum Gasteiger partial charge on any atom is -0.483 e. The lowest BCUT2D eigenvalue weighted by Crippen LogP contribution is -2.01. The number of carboxylic acids is 1. The summed E-state index contributed by atoms with van der Waals surface area (Å²) in [4.78, 5) is 10.7. The van der Waals surface area contributed by atoms with Crippen molar-refractivity contribution < 1.29 is 19.1 Å². The Morgan fingerprint density at radius 3 is 2.53 bits per heavy atom. The van der Waals surface area contributed by atoms with Gasteiger partial charge in [0.05, 0.1) is 0 Å². The Morgan fingerprint density at radius 2 is 1.94 bits per heavy atom. The minimum absolute atomic E-state index is 0.0801. The van der Waals surface area contributed by atoms with Gasteiger partial charge >= 0.3 is 5.97 Å². The number of hydrogen-bond acceptors (Lipinski definition) is 3. The van der Waals surface area contributed by atoms with E-state index >= 15 is 0 Å². The fourth-order valence-corrected chi connectivity index (χ4v) is 1.45. The molecule has 0 unspecified atom stereocenters. The van der Waals surface area contributed by atoms with Gasteiger partial charge in [-0.3, -0.25) is 0 Å². The quantitative estimate of drug-likeness (QED) is 0.879. The molecule has 0 spiro atoms. The van der Waals surface area contributed by atoms with Crippen LogP contribution in [0.15, 0.2) is 46.9 Å². The molecule has 1 atom stereocenters. The van der Waals surface area contributed by atoms with Gasteiger partial charge < -0.3 is 14.3 Å². The second-order valence-corrected chi connectivity index (χ2v) is 3.58. The van der Waals surface area contributed by atoms with Gasteiger partial charge in [-0.25, -0.2) is 4.79 Å². The Labute approximate surface area is 98.4 Å². The first-order valence-electron chi connectivity index (χ1n) is 5.21. The molecule has 0 radical (unpaired) electrons. The van der Waals surface area contributed by atoms with Crippen molar-refractivity contribution in [2.75, 3.05) is 0 Å². The number of rotatable bonds is 4. The molecule has 0 aliphatic heterocycles. The van der Waals surface area contributed by atoms with Crippen LogP contribution in [0.3, 0.4) is 0 Å². The average molecular weight is 232 g/mol. The van der Waals surface area contributed by atoms with Gasteiger partial charge in [0.15, 0.2) is 6.10 Å². The first kappa shape index (κ1) is 11.3. The van der Waals surface area contributed by atoms with E-state index in [1.807, 2.05) is 30.3 Å². The average Bonchev–Trinajstić information content (AvgIpc) is 2.79. The van der Waals surface area contributed by atoms with Crippen LogP contribution in [0.5, 0.6) is 5.75 Å². The maximum atomic E-state index is 10.7. The molecule has 17 heavy (non-hydrogen) atoms. The zero-order chi connectivity index (χ0) is 12.3. The van der Waals surface area contributed by atoms with Crippen LogP contribution in [-0.2, 0) is 0 Å². The van der Waals surface area contributed by atoms with Crippen molar-refractivity contribution in [2.24, 2.45) is 0 Å². The van der Waals surface area contributed by atoms with Gasteiger partial charge in [-0.05, 0) is 31.2 Å². The molecule has 2 aromatic rings. The molecular formula is C13H12O4. The van der Waals surface area contributed by atoms with Crippen LogP contribution in [0.4, 0.5) is 0 Å². The molecule has 4 nitrogen and oxygen atoms in total. The normalized spacial score (nSPS) is 12.1. The smallest absolute Gasteiger partial charge is 0.371 e. The highest BCUT2D eigenvalue weighted by Gasteiger charge is 2.15. The van der Waals surface area contributed by atoms with E-state index in [1.54, 1.807) is 13.0 Å². The molecule has 1 heterocycles. The van der Waals surface area contributed by atoms with Crippen molar-refractivity contribution in [2.45, 2.75) is 13.0 Å². The lowest BCUT2D eigenvalue weighted by Gasteiger charge is -2.11. The number of carboxylic acid groups (broad SMARTS) is 1. The maximum Gasteiger partial charge on any atom is 0.371 e. The van der Waals surface area contributed by atoms with Crippen molar-refractivity contribution in [1.29, 1.82) is 0 Å². The van der Waals surface area contributed by atoms with Crippen LogP contribution in [0, 0.1) is 0 Å². The van der Waals surface area contributed by atoms with Gasteiger partial charge in [0.25, 0.3) is 0 Å². The molecule has 0 saturated carbocycles. The third-order valence-corrected chi connectivity index (χ3v) is 2.29. The molecule has 0 bridgehead atoms. The number of ether oxygens (including phenoxy) is 1. The van der Waals surface area contributed by atoms with Crippen molar-refractivity contribution in [3.8, 4) is 5.75 Å². The van der Waals surface area contributed by atoms with Gasteiger partial charge in [0, 0.05) is 0 Å². The Hall–Kier alpha value is -2.23. The van der Waals surface area contributed by atoms with E-state index in [4.69, 9.17) is 14.3 Å². The Bertz CT molecular complexity index is 501. The lowest BCUT2D eigenvalue weighted by atomic mass is 10.3. The standard InChI is InChI=1S/C13H12O4/c1-9(16-10-5-3-2-4-6-10)11-7-8-12(17-11)13(14)15/h2-9H,1H3,(H,14,15)/t9-/m0/s1. The molecule has 1 aromatic carbocycles. The highest BCUT2D eigenvalue weighted by atomic mass is 16.5. The van der Waals surface area contributed by atoms with Crippen molar-refractivity contribution in [3.63, 3.8) is 0 Å². The molecule has 0 aliphatic rings. The first-order valence-corrected chi connectivity index (χ1v) is 5.21. The third kappa shape index (κ3) is 2.66. The SMILES string of the molecule is C[C@H](Oc1ccccc1)c1ccc(C(=O)O)o1. The second kappa shape index (κ2) is 4.74. The number of furan rings is 1. The highest BCUT2D eigenvalue weighted by Crippen LogP contribution is 2.22. The summed E-state index contributed by atoms with van der Waals surface area (Å²) in [5.74, 6) is 0.0474. The van der Waals surface area contributed by atoms with Gasteiger partial charge in [0.2, 0.25) is 5.76 Å². The zero-order valence-electron chi connectivity index (χ0n) is 9.29. The largest absolute Gasteiger partial charge is 0.483 e. The first-order chi connectivity index (χ1) is 8.16. The summed E-state index contributed by atoms with van der Waals surface area (Å²) in [6, 6.07) is 12.3. The maximum absolute atomic E-state index is 10.7. The van der Waals surface area contributed by atoms with E-state index in [0.717, 1.165) is 0 Å². The minimum atomic E-state index is -1.08. The monoisotopic (exact) mass is 232 g/mol. The molecule has 0 saturated heterocycles. The summed E-state index contributed by atoms with van der Waals surface area (Å²) in [6.45, 7) is 1.80. The molecule has 2 rings (SSSR count). The summed E-state index contributed by atoms with van der Waals surface area (Å²) >= 11 is 0. The number of benzene rings is 1. The van der Waals surface area contributed by atoms with Gasteiger partial charge in [0.1, 0.15) is 11.5 Å². The molecule has 0 fully saturated rings. The molecule has 0 aliphatic carbocycles. The zero-order valence-corrected chi connectivity index (χ0v) is 9.29. The molecule has 1 N–H and O–H groups in total. The van der Waals surface area contributed by atoms with Crippen LogP contribution in [-0.4, -0.2) is 11.1 Å². The van der Waals surface area contributed by atoms with Gasteiger partial charge in [-0.15, -0.1) is 0 Å². The van der Waals surface area contributed by atoms with Crippen molar-refractivity contribution in [1.82, 2.24) is 0 Å². The van der Waals surface area contributed by atoms with Gasteiger partial charge in [-0.1, -0.05) is 18.2 Å². The molecule has 1 aromatic heterocycles. The Balaban J connectivity index is 2.09. The van der Waals surface area contributed by atoms with Crippen LogP contribution in [0.25, 0.3) is 0 Å². The Kier molecular flexibility index (Phi) is 3.14. The number of hydrogen-bond donors (Lipinski definition) is 1. The predicted octanol–water partition coefficient (Wildman–Crippen LogP) is 3.12. The topological polar surface area (TPSA) is 59.7 Å². The summed E-state index contributed by atoms with van der Waals surface area (Å²) in [5.41, 5.74) is 0. The van der Waals surface area contributed by atoms with E-state index in [1.165, 1.54) is 6.07 Å². The molecule has 0 amide bonds. The summed E-state index contributed by atoms with van der Waals surface area (Å²) in [6.07, 6.45) is -0.328. The van der Waals surface area contributed by atoms with Crippen molar-refractivity contribution in [3.05, 3.63) is 54.0 Å². The van der Waals surface area contributed by atoms with Crippen LogP contribution in [0.1, 0.15) is 29.3 Å². The third-order valence-electron chi connectivity index (χ3n) is 2.29. The molecule has 88 valence electrons. The van der Waals surface area contributed by atoms with Gasteiger partial charge in [-0.2, -0.15) is 0 Å². The molecule has 4 heteroatoms. The van der Waals surface area contributed by atoms with Crippen LogP contribution < -0.4 is 4.74 Å². The lowest BCUT2D eigenvalue weighted by molar-refractivity contribution is 0.0655. The van der Waals surface area contributed by atoms with E-state index in [0.29, 0.717) is 11.5 Å². The fourth-order valence-electron chi connectivity index (χ4n) is 1.45. The van der Waals surface area contributed by atoms with Crippen molar-refractivity contribution >= 4 is 5.97 Å². The fraction of sp³-hybridized carbons (Fsp3) is 0.154. The van der Waals surface area contributed by atoms with E-state index in [-0.39, 0.29) is 11.9 Å². The summed E-state index contributed by atoms with van der Waals surface area (Å²) in [7, 11) is 0. The van der Waals surface area contributed by atoms with E-state index < -0.39 is 5.97 Å². The summed E-state index contributed by atoms with van der Waals surface area (Å²) < 4.78 is 10.8. The highest BCUT2D eigenvalue weighted by molar-refractivity contribution is 5.84.